The molecule has 0 heterocycles. The van der Waals surface area contributed by atoms with Crippen LogP contribution in [0.3, 0.4) is 0 Å². The number of rotatable bonds is 8. The third-order valence-electron chi connectivity index (χ3n) is 3.89. The fourth-order valence-corrected chi connectivity index (χ4v) is 2.25. The van der Waals surface area contributed by atoms with Gasteiger partial charge in [0, 0.05) is 23.7 Å². The molecule has 114 valence electrons. The molecule has 1 aromatic rings. The van der Waals surface area contributed by atoms with E-state index in [2.05, 4.69) is 37.1 Å². The van der Waals surface area contributed by atoms with Crippen LogP contribution in [-0.2, 0) is 5.54 Å². The van der Waals surface area contributed by atoms with E-state index in [0.29, 0.717) is 0 Å². The monoisotopic (exact) mass is 280 g/mol. The highest BCUT2D eigenvalue weighted by Crippen LogP contribution is 2.29. The summed E-state index contributed by atoms with van der Waals surface area (Å²) in [6, 6.07) is 8.15. The number of benzene rings is 1. The van der Waals surface area contributed by atoms with Gasteiger partial charge in [0.1, 0.15) is 5.75 Å². The number of nitrogens with one attached hydrogen (secondary N) is 1. The highest BCUT2D eigenvalue weighted by Gasteiger charge is 2.25. The molecule has 0 aliphatic heterocycles. The van der Waals surface area contributed by atoms with Gasteiger partial charge in [-0.1, -0.05) is 25.1 Å². The summed E-state index contributed by atoms with van der Waals surface area (Å²) in [5.74, 6) is 0.884. The van der Waals surface area contributed by atoms with Crippen molar-refractivity contribution < 1.29 is 9.84 Å². The molecule has 2 N–H and O–H groups in total. The van der Waals surface area contributed by atoms with Crippen molar-refractivity contribution in [3.05, 3.63) is 29.8 Å². The number of hydrogen-bond acceptors (Lipinski definition) is 4. The van der Waals surface area contributed by atoms with Gasteiger partial charge < -0.3 is 20.1 Å². The topological polar surface area (TPSA) is 44.7 Å². The molecule has 0 saturated carbocycles. The van der Waals surface area contributed by atoms with Gasteiger partial charge in [0.2, 0.25) is 0 Å². The minimum absolute atomic E-state index is 0.119. The lowest BCUT2D eigenvalue weighted by atomic mass is 9.93. The summed E-state index contributed by atoms with van der Waals surface area (Å²) in [6.07, 6.45) is 0. The smallest absolute Gasteiger partial charge is 0.123 e. The first-order valence-corrected chi connectivity index (χ1v) is 7.15. The molecule has 0 unspecified atom stereocenters. The number of ether oxygens (including phenoxy) is 1. The molecular weight excluding hydrogens is 252 g/mol. The van der Waals surface area contributed by atoms with Crippen molar-refractivity contribution in [2.24, 2.45) is 0 Å². The molecule has 0 fully saturated rings. The number of likely N-dealkylation sites (N-methyl/N-ethyl adjacent to an activating group) is 1. The van der Waals surface area contributed by atoms with Crippen LogP contribution in [0.4, 0.5) is 0 Å². The van der Waals surface area contributed by atoms with E-state index in [-0.39, 0.29) is 18.2 Å². The van der Waals surface area contributed by atoms with E-state index in [1.165, 1.54) is 0 Å². The SMILES string of the molecule is CCN(C)[C@@H](CO)CNC(C)(C)c1ccccc1OC. The van der Waals surface area contributed by atoms with Crippen molar-refractivity contribution in [3.8, 4) is 5.75 Å². The summed E-state index contributed by atoms with van der Waals surface area (Å²) in [5.41, 5.74) is 0.910. The molecule has 0 bridgehead atoms. The summed E-state index contributed by atoms with van der Waals surface area (Å²) in [7, 11) is 3.72. The molecule has 1 aromatic carbocycles. The van der Waals surface area contributed by atoms with Crippen LogP contribution in [0.25, 0.3) is 0 Å². The van der Waals surface area contributed by atoms with Crippen molar-refractivity contribution in [1.29, 1.82) is 0 Å². The van der Waals surface area contributed by atoms with E-state index in [1.54, 1.807) is 7.11 Å². The second-order valence-electron chi connectivity index (χ2n) is 5.62. The average molecular weight is 280 g/mol. The minimum atomic E-state index is -0.214. The Labute approximate surface area is 122 Å². The lowest BCUT2D eigenvalue weighted by molar-refractivity contribution is 0.141. The number of para-hydroxylation sites is 1. The summed E-state index contributed by atoms with van der Waals surface area (Å²) in [6.45, 7) is 8.15. The lowest BCUT2D eigenvalue weighted by Gasteiger charge is -2.33. The minimum Gasteiger partial charge on any atom is -0.496 e. The zero-order valence-electron chi connectivity index (χ0n) is 13.3. The molecule has 0 aromatic heterocycles. The van der Waals surface area contributed by atoms with Crippen LogP contribution < -0.4 is 10.1 Å². The van der Waals surface area contributed by atoms with Gasteiger partial charge in [0.25, 0.3) is 0 Å². The normalized spacial score (nSPS) is 13.6. The summed E-state index contributed by atoms with van der Waals surface area (Å²) < 4.78 is 5.43. The quantitative estimate of drug-likeness (QED) is 0.762. The Hall–Kier alpha value is -1.10. The van der Waals surface area contributed by atoms with Crippen molar-refractivity contribution in [2.75, 3.05) is 33.9 Å². The third-order valence-corrected chi connectivity index (χ3v) is 3.89. The molecule has 0 aliphatic carbocycles. The standard InChI is InChI=1S/C16H28N2O2/c1-6-18(4)13(12-19)11-17-16(2,3)14-9-7-8-10-15(14)20-5/h7-10,13,17,19H,6,11-12H2,1-5H3/t13-/m1/s1. The highest BCUT2D eigenvalue weighted by atomic mass is 16.5. The molecule has 0 radical (unpaired) electrons. The van der Waals surface area contributed by atoms with Gasteiger partial charge in [-0.05, 0) is 33.5 Å². The predicted octanol–water partition coefficient (Wildman–Crippen LogP) is 1.83. The van der Waals surface area contributed by atoms with Crippen molar-refractivity contribution in [1.82, 2.24) is 10.2 Å². The molecular formula is C16H28N2O2. The van der Waals surface area contributed by atoms with Crippen LogP contribution in [-0.4, -0.2) is 49.9 Å². The van der Waals surface area contributed by atoms with Crippen molar-refractivity contribution in [3.63, 3.8) is 0 Å². The molecule has 20 heavy (non-hydrogen) atoms. The Morgan fingerprint density at radius 2 is 2.00 bits per heavy atom. The van der Waals surface area contributed by atoms with Crippen LogP contribution in [0.2, 0.25) is 0 Å². The van der Waals surface area contributed by atoms with Crippen LogP contribution >= 0.6 is 0 Å². The molecule has 0 spiro atoms. The molecule has 4 nitrogen and oxygen atoms in total. The summed E-state index contributed by atoms with van der Waals surface area (Å²) in [5, 5.41) is 13.0. The van der Waals surface area contributed by atoms with E-state index in [9.17, 15) is 5.11 Å². The number of aliphatic hydroxyl groups is 1. The van der Waals surface area contributed by atoms with E-state index in [1.807, 2.05) is 25.2 Å². The molecule has 0 aliphatic rings. The first kappa shape index (κ1) is 17.0. The maximum absolute atomic E-state index is 9.49. The van der Waals surface area contributed by atoms with Crippen LogP contribution in [0.5, 0.6) is 5.75 Å². The van der Waals surface area contributed by atoms with Gasteiger partial charge in [-0.25, -0.2) is 0 Å². The second-order valence-corrected chi connectivity index (χ2v) is 5.62. The average Bonchev–Trinajstić information content (AvgIpc) is 2.47. The van der Waals surface area contributed by atoms with Crippen molar-refractivity contribution in [2.45, 2.75) is 32.4 Å². The van der Waals surface area contributed by atoms with E-state index >= 15 is 0 Å². The Bertz CT molecular complexity index is 407. The maximum atomic E-state index is 9.49. The van der Waals surface area contributed by atoms with Gasteiger partial charge in [0.05, 0.1) is 13.7 Å². The van der Waals surface area contributed by atoms with Gasteiger partial charge in [-0.15, -0.1) is 0 Å². The molecule has 0 amide bonds. The highest BCUT2D eigenvalue weighted by molar-refractivity contribution is 5.38. The number of aliphatic hydroxyl groups excluding tert-OH is 1. The van der Waals surface area contributed by atoms with Crippen LogP contribution in [0.15, 0.2) is 24.3 Å². The number of hydrogen-bond donors (Lipinski definition) is 2. The first-order valence-electron chi connectivity index (χ1n) is 7.15. The lowest BCUT2D eigenvalue weighted by Crippen LogP contribution is -2.48. The van der Waals surface area contributed by atoms with Crippen molar-refractivity contribution >= 4 is 0 Å². The fourth-order valence-electron chi connectivity index (χ4n) is 2.25. The Kier molecular flexibility index (Phi) is 6.46. The Morgan fingerprint density at radius 3 is 2.55 bits per heavy atom. The largest absolute Gasteiger partial charge is 0.496 e. The molecule has 1 atom stereocenters. The number of methoxy groups -OCH3 is 1. The Morgan fingerprint density at radius 1 is 1.35 bits per heavy atom. The van der Waals surface area contributed by atoms with Gasteiger partial charge in [0.15, 0.2) is 0 Å². The molecule has 1 rings (SSSR count). The molecule has 0 saturated heterocycles. The van der Waals surface area contributed by atoms with Gasteiger partial charge >= 0.3 is 0 Å². The number of nitrogens with zero attached hydrogens (tertiary/aromatic N) is 1. The van der Waals surface area contributed by atoms with E-state index < -0.39 is 0 Å². The maximum Gasteiger partial charge on any atom is 0.123 e. The van der Waals surface area contributed by atoms with Gasteiger partial charge in [-0.2, -0.15) is 0 Å². The van der Waals surface area contributed by atoms with Gasteiger partial charge in [-0.3, -0.25) is 0 Å². The summed E-state index contributed by atoms with van der Waals surface area (Å²) in [4.78, 5) is 2.14. The third kappa shape index (κ3) is 4.20. The summed E-state index contributed by atoms with van der Waals surface area (Å²) >= 11 is 0. The first-order chi connectivity index (χ1) is 9.46. The molecule has 4 heteroatoms. The zero-order chi connectivity index (χ0) is 15.2. The van der Waals surface area contributed by atoms with Crippen LogP contribution in [0.1, 0.15) is 26.3 Å². The zero-order valence-corrected chi connectivity index (χ0v) is 13.3. The van der Waals surface area contributed by atoms with E-state index in [0.717, 1.165) is 24.4 Å². The van der Waals surface area contributed by atoms with Crippen LogP contribution in [0, 0.1) is 0 Å². The second kappa shape index (κ2) is 7.62. The predicted molar refractivity (Wildman–Crippen MR) is 83.2 cm³/mol. The Balaban J connectivity index is 2.78. The van der Waals surface area contributed by atoms with E-state index in [4.69, 9.17) is 4.74 Å². The fraction of sp³-hybridized carbons (Fsp3) is 0.625.